The van der Waals surface area contributed by atoms with E-state index >= 15 is 0 Å². The Bertz CT molecular complexity index is 635. The molecule has 0 spiro atoms. The lowest BCUT2D eigenvalue weighted by molar-refractivity contribution is 0.462. The molecule has 0 saturated carbocycles. The predicted octanol–water partition coefficient (Wildman–Crippen LogP) is 2.60. The molecular formula is C17H26IN5. The van der Waals surface area contributed by atoms with Crippen LogP contribution in [0.5, 0.6) is 0 Å². The molecule has 0 bridgehead atoms. The summed E-state index contributed by atoms with van der Waals surface area (Å²) in [6.07, 6.45) is 6.78. The zero-order valence-electron chi connectivity index (χ0n) is 14.3. The lowest BCUT2D eigenvalue weighted by Gasteiger charge is -2.22. The zero-order chi connectivity index (χ0) is 15.9. The summed E-state index contributed by atoms with van der Waals surface area (Å²) in [7, 11) is 5.94. The van der Waals surface area contributed by atoms with E-state index in [1.807, 2.05) is 19.4 Å². The molecule has 5 nitrogen and oxygen atoms in total. The highest BCUT2D eigenvalue weighted by Crippen LogP contribution is 2.06. The molecule has 0 aliphatic heterocycles. The van der Waals surface area contributed by atoms with Crippen molar-refractivity contribution in [3.05, 3.63) is 53.6 Å². The summed E-state index contributed by atoms with van der Waals surface area (Å²) in [6.45, 7) is 3.78. The fourth-order valence-corrected chi connectivity index (χ4v) is 2.46. The van der Waals surface area contributed by atoms with Crippen molar-refractivity contribution in [2.45, 2.75) is 19.9 Å². The van der Waals surface area contributed by atoms with Gasteiger partial charge in [-0.1, -0.05) is 0 Å². The molecule has 2 aromatic rings. The van der Waals surface area contributed by atoms with Gasteiger partial charge in [-0.05, 0) is 42.7 Å². The lowest BCUT2D eigenvalue weighted by atomic mass is 10.1. The summed E-state index contributed by atoms with van der Waals surface area (Å²) in [4.78, 5) is 10.6. The van der Waals surface area contributed by atoms with Crippen molar-refractivity contribution in [2.24, 2.45) is 12.0 Å². The molecule has 0 radical (unpaired) electrons. The van der Waals surface area contributed by atoms with Crippen LogP contribution in [0.3, 0.4) is 0 Å². The van der Waals surface area contributed by atoms with Crippen LogP contribution in [-0.4, -0.2) is 41.1 Å². The third kappa shape index (κ3) is 5.53. The minimum absolute atomic E-state index is 0. The number of hydrogen-bond donors (Lipinski definition) is 1. The number of nitrogens with one attached hydrogen (secondary N) is 1. The molecule has 2 rings (SSSR count). The van der Waals surface area contributed by atoms with Crippen LogP contribution in [-0.2, 0) is 20.0 Å². The molecule has 0 unspecified atom stereocenters. The lowest BCUT2D eigenvalue weighted by Crippen LogP contribution is -2.39. The van der Waals surface area contributed by atoms with E-state index in [0.29, 0.717) is 0 Å². The van der Waals surface area contributed by atoms with E-state index in [1.165, 1.54) is 16.8 Å². The van der Waals surface area contributed by atoms with E-state index in [-0.39, 0.29) is 24.0 Å². The molecule has 6 heteroatoms. The minimum Gasteiger partial charge on any atom is -0.356 e. The fraction of sp³-hybridized carbons (Fsp3) is 0.412. The predicted molar refractivity (Wildman–Crippen MR) is 106 cm³/mol. The first-order valence-electron chi connectivity index (χ1n) is 7.53. The van der Waals surface area contributed by atoms with Crippen LogP contribution in [0.25, 0.3) is 0 Å². The number of nitrogens with zero attached hydrogens (tertiary/aromatic N) is 4. The second-order valence-corrected chi connectivity index (χ2v) is 5.49. The number of guanidine groups is 1. The Morgan fingerprint density at radius 3 is 2.78 bits per heavy atom. The highest BCUT2D eigenvalue weighted by Gasteiger charge is 2.08. The summed E-state index contributed by atoms with van der Waals surface area (Å²) < 4.78 is 2.13. The van der Waals surface area contributed by atoms with Crippen molar-refractivity contribution in [3.63, 3.8) is 0 Å². The van der Waals surface area contributed by atoms with E-state index in [0.717, 1.165) is 25.5 Å². The van der Waals surface area contributed by atoms with E-state index in [2.05, 4.69) is 70.2 Å². The van der Waals surface area contributed by atoms with Gasteiger partial charge < -0.3 is 14.8 Å². The van der Waals surface area contributed by atoms with Gasteiger partial charge in [-0.3, -0.25) is 9.98 Å². The maximum Gasteiger partial charge on any atom is 0.193 e. The molecule has 0 aliphatic rings. The zero-order valence-corrected chi connectivity index (χ0v) is 16.6. The standard InChI is InChI=1S/C17H25N5.HI/c1-14-12-19-9-7-15(14)8-10-20-17(18-2)22(4)13-16-6-5-11-21(16)3;/h5-7,9,11-12H,8,10,13H2,1-4H3,(H,18,20);1H. The summed E-state index contributed by atoms with van der Waals surface area (Å²) in [6, 6.07) is 6.27. The average molecular weight is 427 g/mol. The number of pyridine rings is 1. The smallest absolute Gasteiger partial charge is 0.193 e. The quantitative estimate of drug-likeness (QED) is 0.454. The number of halogens is 1. The number of aromatic nitrogens is 2. The van der Waals surface area contributed by atoms with Crippen molar-refractivity contribution in [1.82, 2.24) is 19.8 Å². The van der Waals surface area contributed by atoms with Gasteiger partial charge >= 0.3 is 0 Å². The molecule has 0 amide bonds. The number of rotatable bonds is 5. The van der Waals surface area contributed by atoms with Crippen molar-refractivity contribution in [2.75, 3.05) is 20.6 Å². The summed E-state index contributed by atoms with van der Waals surface area (Å²) in [5.41, 5.74) is 3.81. The maximum absolute atomic E-state index is 4.36. The van der Waals surface area contributed by atoms with Gasteiger partial charge in [-0.25, -0.2) is 0 Å². The first kappa shape index (κ1) is 19.5. The molecule has 2 aromatic heterocycles. The molecule has 0 fully saturated rings. The van der Waals surface area contributed by atoms with Crippen LogP contribution in [0.1, 0.15) is 16.8 Å². The summed E-state index contributed by atoms with van der Waals surface area (Å²) >= 11 is 0. The van der Waals surface area contributed by atoms with Crippen molar-refractivity contribution < 1.29 is 0 Å². The second-order valence-electron chi connectivity index (χ2n) is 5.49. The van der Waals surface area contributed by atoms with Crippen molar-refractivity contribution >= 4 is 29.9 Å². The number of aliphatic imine (C=N–C) groups is 1. The Balaban J connectivity index is 0.00000264. The van der Waals surface area contributed by atoms with Gasteiger partial charge in [0.15, 0.2) is 5.96 Å². The van der Waals surface area contributed by atoms with Gasteiger partial charge in [0.2, 0.25) is 0 Å². The van der Waals surface area contributed by atoms with E-state index in [1.54, 1.807) is 0 Å². The monoisotopic (exact) mass is 427 g/mol. The van der Waals surface area contributed by atoms with Crippen LogP contribution in [0.15, 0.2) is 41.8 Å². The maximum atomic E-state index is 4.36. The van der Waals surface area contributed by atoms with Crippen LogP contribution < -0.4 is 5.32 Å². The molecule has 2 heterocycles. The van der Waals surface area contributed by atoms with Gasteiger partial charge in [0, 0.05) is 52.0 Å². The minimum atomic E-state index is 0. The second kappa shape index (κ2) is 9.54. The SMILES string of the molecule is CN=C(NCCc1ccncc1C)N(C)Cc1cccn1C.I. The van der Waals surface area contributed by atoms with Crippen LogP contribution in [0.2, 0.25) is 0 Å². The topological polar surface area (TPSA) is 45.5 Å². The summed E-state index contributed by atoms with van der Waals surface area (Å²) in [5, 5.41) is 3.42. The highest BCUT2D eigenvalue weighted by atomic mass is 127. The van der Waals surface area contributed by atoms with Crippen LogP contribution >= 0.6 is 24.0 Å². The van der Waals surface area contributed by atoms with Gasteiger partial charge in [0.25, 0.3) is 0 Å². The third-order valence-electron chi connectivity index (χ3n) is 3.84. The normalized spacial score (nSPS) is 11.0. The van der Waals surface area contributed by atoms with E-state index in [4.69, 9.17) is 0 Å². The highest BCUT2D eigenvalue weighted by molar-refractivity contribution is 14.0. The number of hydrogen-bond acceptors (Lipinski definition) is 2. The molecule has 23 heavy (non-hydrogen) atoms. The van der Waals surface area contributed by atoms with E-state index in [9.17, 15) is 0 Å². The third-order valence-corrected chi connectivity index (χ3v) is 3.84. The Labute approximate surface area is 155 Å². The van der Waals surface area contributed by atoms with Gasteiger partial charge in [-0.2, -0.15) is 0 Å². The fourth-order valence-electron chi connectivity index (χ4n) is 2.46. The molecule has 126 valence electrons. The van der Waals surface area contributed by atoms with Gasteiger partial charge in [0.05, 0.1) is 6.54 Å². The Morgan fingerprint density at radius 1 is 1.39 bits per heavy atom. The summed E-state index contributed by atoms with van der Waals surface area (Å²) in [5.74, 6) is 0.910. The first-order chi connectivity index (χ1) is 10.6. The van der Waals surface area contributed by atoms with Gasteiger partial charge in [0.1, 0.15) is 0 Å². The Hall–Kier alpha value is -1.57. The van der Waals surface area contributed by atoms with Crippen LogP contribution in [0, 0.1) is 6.92 Å². The first-order valence-corrected chi connectivity index (χ1v) is 7.53. The largest absolute Gasteiger partial charge is 0.356 e. The molecule has 0 saturated heterocycles. The average Bonchev–Trinajstić information content (AvgIpc) is 2.90. The molecule has 0 aliphatic carbocycles. The number of aryl methyl sites for hydroxylation is 2. The molecule has 1 N–H and O–H groups in total. The molecule has 0 atom stereocenters. The van der Waals surface area contributed by atoms with Crippen molar-refractivity contribution in [3.8, 4) is 0 Å². The Morgan fingerprint density at radius 2 is 2.17 bits per heavy atom. The van der Waals surface area contributed by atoms with Crippen LogP contribution in [0.4, 0.5) is 0 Å². The Kier molecular flexibility index (Phi) is 8.08. The van der Waals surface area contributed by atoms with E-state index < -0.39 is 0 Å². The molecular weight excluding hydrogens is 401 g/mol. The molecule has 0 aromatic carbocycles. The van der Waals surface area contributed by atoms with Gasteiger partial charge in [-0.15, -0.1) is 24.0 Å². The van der Waals surface area contributed by atoms with Crippen molar-refractivity contribution in [1.29, 1.82) is 0 Å².